The van der Waals surface area contributed by atoms with Crippen molar-refractivity contribution >= 4 is 11.5 Å². The fourth-order valence-corrected chi connectivity index (χ4v) is 1.67. The van der Waals surface area contributed by atoms with Crippen molar-refractivity contribution in [3.8, 4) is 0 Å². The van der Waals surface area contributed by atoms with Crippen molar-refractivity contribution in [3.05, 3.63) is 47.9 Å². The molecule has 0 aliphatic carbocycles. The van der Waals surface area contributed by atoms with Crippen LogP contribution in [0.5, 0.6) is 0 Å². The lowest BCUT2D eigenvalue weighted by Gasteiger charge is -2.20. The monoisotopic (exact) mass is 228 g/mol. The maximum Gasteiger partial charge on any atom is 0.155 e. The van der Waals surface area contributed by atoms with Crippen molar-refractivity contribution in [2.24, 2.45) is 5.73 Å². The zero-order valence-electron chi connectivity index (χ0n) is 10.1. The zero-order chi connectivity index (χ0) is 12.3. The molecule has 0 spiro atoms. The van der Waals surface area contributed by atoms with Crippen LogP contribution in [0, 0.1) is 6.92 Å². The molecule has 0 radical (unpaired) electrons. The smallest absolute Gasteiger partial charge is 0.155 e. The first kappa shape index (κ1) is 11.5. The predicted molar refractivity (Wildman–Crippen MR) is 69.2 cm³/mol. The zero-order valence-corrected chi connectivity index (χ0v) is 10.1. The summed E-state index contributed by atoms with van der Waals surface area (Å²) in [6.07, 6.45) is 3.34. The van der Waals surface area contributed by atoms with Crippen LogP contribution in [-0.4, -0.2) is 17.0 Å². The van der Waals surface area contributed by atoms with E-state index in [4.69, 9.17) is 5.73 Å². The highest BCUT2D eigenvalue weighted by Gasteiger charge is 2.10. The molecule has 0 saturated carbocycles. The largest absolute Gasteiger partial charge is 0.328 e. The summed E-state index contributed by atoms with van der Waals surface area (Å²) in [4.78, 5) is 10.6. The number of aromatic nitrogens is 2. The maximum atomic E-state index is 5.66. The fourth-order valence-electron chi connectivity index (χ4n) is 1.67. The van der Waals surface area contributed by atoms with E-state index < -0.39 is 0 Å². The van der Waals surface area contributed by atoms with Gasteiger partial charge in [-0.3, -0.25) is 4.98 Å². The first-order valence-corrected chi connectivity index (χ1v) is 5.52. The number of nitrogens with zero attached hydrogens (tertiary/aromatic N) is 3. The molecule has 0 atom stereocenters. The highest BCUT2D eigenvalue weighted by molar-refractivity contribution is 5.60. The third kappa shape index (κ3) is 2.42. The first-order valence-electron chi connectivity index (χ1n) is 5.52. The van der Waals surface area contributed by atoms with Gasteiger partial charge in [-0.1, -0.05) is 17.7 Å². The van der Waals surface area contributed by atoms with Crippen LogP contribution in [0.4, 0.5) is 11.5 Å². The number of rotatable bonds is 3. The molecule has 0 aliphatic rings. The molecule has 0 aliphatic heterocycles. The molecular weight excluding hydrogens is 212 g/mol. The van der Waals surface area contributed by atoms with Crippen molar-refractivity contribution < 1.29 is 0 Å². The minimum atomic E-state index is 0.388. The van der Waals surface area contributed by atoms with Crippen LogP contribution in [0.25, 0.3) is 0 Å². The minimum Gasteiger partial charge on any atom is -0.328 e. The summed E-state index contributed by atoms with van der Waals surface area (Å²) in [6, 6.07) is 8.27. The van der Waals surface area contributed by atoms with Crippen molar-refractivity contribution in [2.45, 2.75) is 13.5 Å². The van der Waals surface area contributed by atoms with Crippen LogP contribution in [0.15, 0.2) is 36.7 Å². The number of aryl methyl sites for hydroxylation is 1. The quantitative estimate of drug-likeness (QED) is 0.873. The maximum absolute atomic E-state index is 5.66. The first-order chi connectivity index (χ1) is 8.22. The molecular formula is C13H16N4. The van der Waals surface area contributed by atoms with E-state index in [1.165, 1.54) is 5.56 Å². The summed E-state index contributed by atoms with van der Waals surface area (Å²) in [5, 5.41) is 0. The van der Waals surface area contributed by atoms with Crippen molar-refractivity contribution in [1.29, 1.82) is 0 Å². The third-order valence-corrected chi connectivity index (χ3v) is 2.68. The fraction of sp³-hybridized carbons (Fsp3) is 0.231. The molecule has 1 aromatic carbocycles. The van der Waals surface area contributed by atoms with Gasteiger partial charge in [0.25, 0.3) is 0 Å². The van der Waals surface area contributed by atoms with E-state index in [0.717, 1.165) is 17.2 Å². The molecule has 0 bridgehead atoms. The van der Waals surface area contributed by atoms with Gasteiger partial charge in [0.1, 0.15) is 0 Å². The van der Waals surface area contributed by atoms with Crippen LogP contribution < -0.4 is 10.6 Å². The van der Waals surface area contributed by atoms with Gasteiger partial charge in [-0.15, -0.1) is 0 Å². The second kappa shape index (κ2) is 4.93. The van der Waals surface area contributed by atoms with Crippen LogP contribution in [0.1, 0.15) is 11.3 Å². The van der Waals surface area contributed by atoms with Gasteiger partial charge in [-0.2, -0.15) is 0 Å². The minimum absolute atomic E-state index is 0.388. The van der Waals surface area contributed by atoms with Gasteiger partial charge in [0.15, 0.2) is 5.82 Å². The van der Waals surface area contributed by atoms with Crippen LogP contribution in [0.2, 0.25) is 0 Å². The number of hydrogen-bond donors (Lipinski definition) is 1. The number of benzene rings is 1. The van der Waals surface area contributed by atoms with Gasteiger partial charge in [0, 0.05) is 31.7 Å². The van der Waals surface area contributed by atoms with Gasteiger partial charge in [0.05, 0.1) is 5.69 Å². The Morgan fingerprint density at radius 2 is 1.76 bits per heavy atom. The second-order valence-corrected chi connectivity index (χ2v) is 3.93. The van der Waals surface area contributed by atoms with Gasteiger partial charge in [-0.25, -0.2) is 4.98 Å². The molecule has 0 saturated heterocycles. The lowest BCUT2D eigenvalue weighted by molar-refractivity contribution is 0.940. The molecule has 2 aromatic rings. The third-order valence-electron chi connectivity index (χ3n) is 2.68. The summed E-state index contributed by atoms with van der Waals surface area (Å²) >= 11 is 0. The van der Waals surface area contributed by atoms with E-state index in [1.807, 2.05) is 11.9 Å². The van der Waals surface area contributed by atoms with E-state index in [0.29, 0.717) is 6.54 Å². The SMILES string of the molecule is Cc1ccc(N(C)c2nccnc2CN)cc1. The Bertz CT molecular complexity index is 493. The predicted octanol–water partition coefficient (Wildman–Crippen LogP) is 2.01. The van der Waals surface area contributed by atoms with E-state index in [-0.39, 0.29) is 0 Å². The van der Waals surface area contributed by atoms with Gasteiger partial charge < -0.3 is 10.6 Å². The van der Waals surface area contributed by atoms with Crippen molar-refractivity contribution in [2.75, 3.05) is 11.9 Å². The summed E-state index contributed by atoms with van der Waals surface area (Å²) in [6.45, 7) is 2.46. The van der Waals surface area contributed by atoms with E-state index in [9.17, 15) is 0 Å². The Balaban J connectivity index is 2.36. The Labute approximate surface area is 101 Å². The Hall–Kier alpha value is -1.94. The number of nitrogens with two attached hydrogens (primary N) is 1. The van der Waals surface area contributed by atoms with Crippen molar-refractivity contribution in [1.82, 2.24) is 9.97 Å². The molecule has 0 amide bonds. The summed E-state index contributed by atoms with van der Waals surface area (Å²) in [5.41, 5.74) is 8.77. The Kier molecular flexibility index (Phi) is 3.35. The number of hydrogen-bond acceptors (Lipinski definition) is 4. The Morgan fingerprint density at radius 1 is 1.12 bits per heavy atom. The van der Waals surface area contributed by atoms with E-state index >= 15 is 0 Å². The van der Waals surface area contributed by atoms with Crippen molar-refractivity contribution in [3.63, 3.8) is 0 Å². The molecule has 88 valence electrons. The normalized spacial score (nSPS) is 10.3. The molecule has 0 unspecified atom stereocenters. The molecule has 1 aromatic heterocycles. The van der Waals surface area contributed by atoms with Crippen LogP contribution in [0.3, 0.4) is 0 Å². The average molecular weight is 228 g/mol. The molecule has 1 heterocycles. The molecule has 4 heteroatoms. The molecule has 2 rings (SSSR count). The van der Waals surface area contributed by atoms with E-state index in [1.54, 1.807) is 12.4 Å². The average Bonchev–Trinajstić information content (AvgIpc) is 2.39. The summed E-state index contributed by atoms with van der Waals surface area (Å²) in [5.74, 6) is 0.804. The molecule has 17 heavy (non-hydrogen) atoms. The molecule has 0 fully saturated rings. The Morgan fingerprint density at radius 3 is 2.41 bits per heavy atom. The van der Waals surface area contributed by atoms with Gasteiger partial charge in [0.2, 0.25) is 0 Å². The topological polar surface area (TPSA) is 55.0 Å². The second-order valence-electron chi connectivity index (χ2n) is 3.93. The highest BCUT2D eigenvalue weighted by atomic mass is 15.2. The summed E-state index contributed by atoms with van der Waals surface area (Å²) < 4.78 is 0. The van der Waals surface area contributed by atoms with E-state index in [2.05, 4.69) is 41.2 Å². The van der Waals surface area contributed by atoms with Gasteiger partial charge >= 0.3 is 0 Å². The lowest BCUT2D eigenvalue weighted by Crippen LogP contribution is -2.16. The summed E-state index contributed by atoms with van der Waals surface area (Å²) in [7, 11) is 1.97. The molecule has 2 N–H and O–H groups in total. The lowest BCUT2D eigenvalue weighted by atomic mass is 10.2. The van der Waals surface area contributed by atoms with Crippen LogP contribution in [-0.2, 0) is 6.54 Å². The molecule has 4 nitrogen and oxygen atoms in total. The van der Waals surface area contributed by atoms with Gasteiger partial charge in [-0.05, 0) is 19.1 Å². The highest BCUT2D eigenvalue weighted by Crippen LogP contribution is 2.23. The standard InChI is InChI=1S/C13H16N4/c1-10-3-5-11(6-4-10)17(2)13-12(9-14)15-7-8-16-13/h3-8H,9,14H2,1-2H3. The van der Waals surface area contributed by atoms with Crippen LogP contribution >= 0.6 is 0 Å². The number of anilines is 2.